The molecular weight excluding hydrogens is 308 g/mol. The first-order valence-corrected chi connectivity index (χ1v) is 8.42. The van der Waals surface area contributed by atoms with Crippen LogP contribution in [0.1, 0.15) is 39.3 Å². The van der Waals surface area contributed by atoms with Crippen LogP contribution in [0.15, 0.2) is 12.4 Å². The van der Waals surface area contributed by atoms with E-state index in [1.54, 1.807) is 13.4 Å². The van der Waals surface area contributed by atoms with Gasteiger partial charge in [0, 0.05) is 44.4 Å². The zero-order valence-corrected chi connectivity index (χ0v) is 15.0. The van der Waals surface area contributed by atoms with Crippen molar-refractivity contribution in [3.63, 3.8) is 0 Å². The minimum absolute atomic E-state index is 0.144. The number of carbonyl (C=O) groups is 1. The van der Waals surface area contributed by atoms with Crippen LogP contribution in [0.2, 0.25) is 0 Å². The summed E-state index contributed by atoms with van der Waals surface area (Å²) in [7, 11) is 1.69. The molecule has 7 heteroatoms. The minimum atomic E-state index is -0.468. The number of hydrogen-bond donors (Lipinski definition) is 1. The Bertz CT molecular complexity index is 537. The molecular formula is C17H28N4O3. The van der Waals surface area contributed by atoms with Gasteiger partial charge in [0.1, 0.15) is 17.7 Å². The number of anilines is 1. The molecule has 7 nitrogen and oxygen atoms in total. The fourth-order valence-electron chi connectivity index (χ4n) is 2.63. The second-order valence-electron chi connectivity index (χ2n) is 7.02. The van der Waals surface area contributed by atoms with Gasteiger partial charge in [-0.05, 0) is 33.6 Å². The number of alkyl carbamates (subject to hydrolysis) is 1. The summed E-state index contributed by atoms with van der Waals surface area (Å²) in [5.41, 5.74) is 0.514. The third-order valence-electron chi connectivity index (χ3n) is 3.81. The SMILES string of the molecule is COCCc1cc(N2CCC(NC(=O)OC(C)(C)C)CC2)ncn1. The lowest BCUT2D eigenvalue weighted by Gasteiger charge is -2.33. The lowest BCUT2D eigenvalue weighted by molar-refractivity contribution is 0.0497. The number of hydrogen-bond acceptors (Lipinski definition) is 6. The second kappa shape index (κ2) is 8.28. The number of carbonyl (C=O) groups excluding carboxylic acids is 1. The maximum absolute atomic E-state index is 11.8. The predicted octanol–water partition coefficient (Wildman–Crippen LogP) is 2.16. The Kier molecular flexibility index (Phi) is 6.36. The molecule has 0 aromatic carbocycles. The van der Waals surface area contributed by atoms with E-state index in [4.69, 9.17) is 9.47 Å². The minimum Gasteiger partial charge on any atom is -0.444 e. The Hall–Kier alpha value is -1.89. The summed E-state index contributed by atoms with van der Waals surface area (Å²) in [4.78, 5) is 22.7. The molecule has 1 fully saturated rings. The standard InChI is InChI=1S/C17H28N4O3/c1-17(2,3)24-16(22)20-13-5-8-21(9-6-13)15-11-14(7-10-23-4)18-12-19-15/h11-13H,5-10H2,1-4H3,(H,20,22). The maximum Gasteiger partial charge on any atom is 0.407 e. The van der Waals surface area contributed by atoms with E-state index in [0.717, 1.165) is 43.9 Å². The van der Waals surface area contributed by atoms with Crippen molar-refractivity contribution in [2.24, 2.45) is 0 Å². The molecule has 0 bridgehead atoms. The van der Waals surface area contributed by atoms with E-state index in [2.05, 4.69) is 20.2 Å². The fraction of sp³-hybridized carbons (Fsp3) is 0.706. The smallest absolute Gasteiger partial charge is 0.407 e. The largest absolute Gasteiger partial charge is 0.444 e. The Labute approximate surface area is 143 Å². The van der Waals surface area contributed by atoms with Crippen molar-refractivity contribution in [1.29, 1.82) is 0 Å². The molecule has 2 rings (SSSR count). The number of ether oxygens (including phenoxy) is 2. The van der Waals surface area contributed by atoms with Crippen molar-refractivity contribution in [2.45, 2.75) is 51.7 Å². The third kappa shape index (κ3) is 5.96. The van der Waals surface area contributed by atoms with E-state index in [9.17, 15) is 4.79 Å². The first-order valence-electron chi connectivity index (χ1n) is 8.42. The van der Waals surface area contributed by atoms with Gasteiger partial charge in [0.25, 0.3) is 0 Å². The van der Waals surface area contributed by atoms with Gasteiger partial charge in [-0.1, -0.05) is 0 Å². The maximum atomic E-state index is 11.8. The molecule has 2 heterocycles. The van der Waals surface area contributed by atoms with Gasteiger partial charge in [-0.15, -0.1) is 0 Å². The average molecular weight is 336 g/mol. The first-order chi connectivity index (χ1) is 11.4. The zero-order chi connectivity index (χ0) is 17.6. The van der Waals surface area contributed by atoms with E-state index in [-0.39, 0.29) is 12.1 Å². The van der Waals surface area contributed by atoms with Crippen molar-refractivity contribution in [1.82, 2.24) is 15.3 Å². The number of methoxy groups -OCH3 is 1. The molecule has 24 heavy (non-hydrogen) atoms. The highest BCUT2D eigenvalue weighted by molar-refractivity contribution is 5.68. The highest BCUT2D eigenvalue weighted by Gasteiger charge is 2.24. The van der Waals surface area contributed by atoms with Crippen molar-refractivity contribution < 1.29 is 14.3 Å². The van der Waals surface area contributed by atoms with E-state index in [1.807, 2.05) is 26.8 Å². The highest BCUT2D eigenvalue weighted by Crippen LogP contribution is 2.19. The van der Waals surface area contributed by atoms with E-state index in [1.165, 1.54) is 0 Å². The lowest BCUT2D eigenvalue weighted by Crippen LogP contribution is -2.46. The van der Waals surface area contributed by atoms with Crippen molar-refractivity contribution >= 4 is 11.9 Å². The van der Waals surface area contributed by atoms with Crippen molar-refractivity contribution in [2.75, 3.05) is 31.7 Å². The zero-order valence-electron chi connectivity index (χ0n) is 15.0. The molecule has 1 amide bonds. The molecule has 1 aromatic rings. The molecule has 0 saturated carbocycles. The molecule has 0 radical (unpaired) electrons. The first kappa shape index (κ1) is 18.4. The monoisotopic (exact) mass is 336 g/mol. The Balaban J connectivity index is 1.83. The Morgan fingerprint density at radius 2 is 2.04 bits per heavy atom. The van der Waals surface area contributed by atoms with Crippen molar-refractivity contribution in [3.8, 4) is 0 Å². The second-order valence-corrected chi connectivity index (χ2v) is 7.02. The quantitative estimate of drug-likeness (QED) is 0.888. The molecule has 1 aliphatic heterocycles. The summed E-state index contributed by atoms with van der Waals surface area (Å²) in [6.07, 6.45) is 3.78. The van der Waals surface area contributed by atoms with Gasteiger partial charge in [0.2, 0.25) is 0 Å². The van der Waals surface area contributed by atoms with Gasteiger partial charge in [-0.25, -0.2) is 14.8 Å². The fourth-order valence-corrected chi connectivity index (χ4v) is 2.63. The number of aromatic nitrogens is 2. The molecule has 0 unspecified atom stereocenters. The molecule has 1 aromatic heterocycles. The Morgan fingerprint density at radius 1 is 1.33 bits per heavy atom. The van der Waals surface area contributed by atoms with Crippen LogP contribution in [0.25, 0.3) is 0 Å². The normalized spacial score (nSPS) is 16.1. The van der Waals surface area contributed by atoms with Crippen LogP contribution < -0.4 is 10.2 Å². The lowest BCUT2D eigenvalue weighted by atomic mass is 10.1. The van der Waals surface area contributed by atoms with Crippen LogP contribution in [0.4, 0.5) is 10.6 Å². The third-order valence-corrected chi connectivity index (χ3v) is 3.81. The number of nitrogens with zero attached hydrogens (tertiary/aromatic N) is 3. The van der Waals surface area contributed by atoms with Crippen LogP contribution in [0.5, 0.6) is 0 Å². The number of piperidine rings is 1. The summed E-state index contributed by atoms with van der Waals surface area (Å²) in [6, 6.07) is 2.16. The molecule has 1 aliphatic rings. The van der Waals surface area contributed by atoms with E-state index >= 15 is 0 Å². The number of rotatable bonds is 5. The van der Waals surface area contributed by atoms with Gasteiger partial charge in [-0.2, -0.15) is 0 Å². The molecule has 0 aliphatic carbocycles. The van der Waals surface area contributed by atoms with E-state index in [0.29, 0.717) is 6.61 Å². The summed E-state index contributed by atoms with van der Waals surface area (Å²) < 4.78 is 10.4. The summed E-state index contributed by atoms with van der Waals surface area (Å²) in [5, 5.41) is 2.95. The van der Waals surface area contributed by atoms with Gasteiger partial charge < -0.3 is 19.7 Å². The molecule has 0 spiro atoms. The Morgan fingerprint density at radius 3 is 2.67 bits per heavy atom. The molecule has 0 atom stereocenters. The molecule has 1 N–H and O–H groups in total. The topological polar surface area (TPSA) is 76.6 Å². The van der Waals surface area contributed by atoms with Gasteiger partial charge >= 0.3 is 6.09 Å². The van der Waals surface area contributed by atoms with Gasteiger partial charge in [0.05, 0.1) is 6.61 Å². The average Bonchev–Trinajstić information content (AvgIpc) is 2.52. The van der Waals surface area contributed by atoms with Gasteiger partial charge in [0.15, 0.2) is 0 Å². The van der Waals surface area contributed by atoms with Crippen LogP contribution >= 0.6 is 0 Å². The van der Waals surface area contributed by atoms with Crippen LogP contribution in [-0.2, 0) is 15.9 Å². The highest BCUT2D eigenvalue weighted by atomic mass is 16.6. The molecule has 134 valence electrons. The number of amides is 1. The van der Waals surface area contributed by atoms with Crippen LogP contribution in [0.3, 0.4) is 0 Å². The van der Waals surface area contributed by atoms with Crippen LogP contribution in [0, 0.1) is 0 Å². The van der Waals surface area contributed by atoms with E-state index < -0.39 is 5.60 Å². The molecule has 1 saturated heterocycles. The number of nitrogens with one attached hydrogen (secondary N) is 1. The summed E-state index contributed by atoms with van der Waals surface area (Å²) >= 11 is 0. The van der Waals surface area contributed by atoms with Crippen molar-refractivity contribution in [3.05, 3.63) is 18.1 Å². The summed E-state index contributed by atoms with van der Waals surface area (Å²) in [6.45, 7) is 7.95. The predicted molar refractivity (Wildman–Crippen MR) is 92.2 cm³/mol. The van der Waals surface area contributed by atoms with Gasteiger partial charge in [-0.3, -0.25) is 0 Å². The summed E-state index contributed by atoms with van der Waals surface area (Å²) in [5.74, 6) is 0.937. The van der Waals surface area contributed by atoms with Crippen LogP contribution in [-0.4, -0.2) is 54.5 Å².